The molecule has 0 aliphatic carbocycles. The summed E-state index contributed by atoms with van der Waals surface area (Å²) in [6.07, 6.45) is 1.04. The van der Waals surface area contributed by atoms with Gasteiger partial charge in [-0.1, -0.05) is 39.8 Å². The molecule has 2 nitrogen and oxygen atoms in total. The molecule has 0 aliphatic rings. The minimum atomic E-state index is 0.0721. The Morgan fingerprint density at radius 1 is 0.941 bits per heavy atom. The number of hydrogen-bond donors (Lipinski definition) is 2. The van der Waals surface area contributed by atoms with Gasteiger partial charge in [0, 0.05) is 0 Å². The molecular formula is C15H24O2. The maximum Gasteiger partial charge on any atom is 0.0684 e. The highest BCUT2D eigenvalue weighted by Crippen LogP contribution is 2.29. The first-order valence-electron chi connectivity index (χ1n) is 6.42. The van der Waals surface area contributed by atoms with Crippen LogP contribution < -0.4 is 0 Å². The topological polar surface area (TPSA) is 40.5 Å². The van der Waals surface area contributed by atoms with Crippen LogP contribution in [0.15, 0.2) is 12.1 Å². The largest absolute Gasteiger partial charge is 0.392 e. The fraction of sp³-hybridized carbons (Fsp3) is 0.600. The van der Waals surface area contributed by atoms with E-state index in [0.717, 1.165) is 23.1 Å². The summed E-state index contributed by atoms with van der Waals surface area (Å²) in [5.41, 5.74) is 4.31. The van der Waals surface area contributed by atoms with Crippen LogP contribution in [-0.2, 0) is 13.2 Å². The molecule has 1 rings (SSSR count). The van der Waals surface area contributed by atoms with Crippen molar-refractivity contribution in [2.45, 2.75) is 59.2 Å². The highest BCUT2D eigenvalue weighted by molar-refractivity contribution is 5.41. The molecule has 2 N–H and O–H groups in total. The summed E-state index contributed by atoms with van der Waals surface area (Å²) in [5.74, 6) is 0.789. The molecular weight excluding hydrogens is 212 g/mol. The van der Waals surface area contributed by atoms with Crippen LogP contribution in [0.1, 0.15) is 68.2 Å². The van der Waals surface area contributed by atoms with Gasteiger partial charge in [-0.2, -0.15) is 0 Å². The van der Waals surface area contributed by atoms with Crippen molar-refractivity contribution in [2.24, 2.45) is 0 Å². The predicted molar refractivity (Wildman–Crippen MR) is 71.1 cm³/mol. The van der Waals surface area contributed by atoms with Gasteiger partial charge in [-0.15, -0.1) is 0 Å². The van der Waals surface area contributed by atoms with E-state index in [2.05, 4.69) is 39.8 Å². The summed E-state index contributed by atoms with van der Waals surface area (Å²) in [4.78, 5) is 0. The fourth-order valence-electron chi connectivity index (χ4n) is 2.22. The van der Waals surface area contributed by atoms with Crippen molar-refractivity contribution in [1.29, 1.82) is 0 Å². The second kappa shape index (κ2) is 6.18. The zero-order chi connectivity index (χ0) is 13.0. The summed E-state index contributed by atoms with van der Waals surface area (Å²) >= 11 is 0. The summed E-state index contributed by atoms with van der Waals surface area (Å²) in [5, 5.41) is 18.9. The first-order chi connectivity index (χ1) is 8.04. The van der Waals surface area contributed by atoms with Crippen LogP contribution >= 0.6 is 0 Å². The molecule has 0 radical (unpaired) electrons. The van der Waals surface area contributed by atoms with Crippen molar-refractivity contribution in [3.8, 4) is 0 Å². The Morgan fingerprint density at radius 3 is 1.82 bits per heavy atom. The Hall–Kier alpha value is -0.860. The van der Waals surface area contributed by atoms with Gasteiger partial charge >= 0.3 is 0 Å². The van der Waals surface area contributed by atoms with Crippen molar-refractivity contribution in [3.63, 3.8) is 0 Å². The van der Waals surface area contributed by atoms with Crippen molar-refractivity contribution < 1.29 is 10.2 Å². The second-order valence-electron chi connectivity index (χ2n) is 5.03. The molecule has 0 bridgehead atoms. The number of rotatable bonds is 5. The third kappa shape index (κ3) is 3.08. The fourth-order valence-corrected chi connectivity index (χ4v) is 2.22. The van der Waals surface area contributed by atoms with E-state index in [-0.39, 0.29) is 13.2 Å². The van der Waals surface area contributed by atoms with E-state index in [9.17, 15) is 10.2 Å². The normalized spacial score (nSPS) is 13.1. The first-order valence-corrected chi connectivity index (χ1v) is 6.42. The molecule has 0 heterocycles. The molecule has 96 valence electrons. The van der Waals surface area contributed by atoms with Crippen LogP contribution in [0.5, 0.6) is 0 Å². The molecule has 0 saturated carbocycles. The molecule has 0 aliphatic heterocycles. The standard InChI is InChI=1S/C15H24O2/c1-5-11(4)15-7-12(8-16)14(10(2)3)6-13(15)9-17/h6-7,10-11,16-17H,5,8-9H2,1-4H3. The van der Waals surface area contributed by atoms with E-state index in [1.165, 1.54) is 5.56 Å². The van der Waals surface area contributed by atoms with Gasteiger partial charge in [0.2, 0.25) is 0 Å². The lowest BCUT2D eigenvalue weighted by Gasteiger charge is -2.20. The van der Waals surface area contributed by atoms with Crippen LogP contribution in [0, 0.1) is 0 Å². The van der Waals surface area contributed by atoms with Crippen molar-refractivity contribution >= 4 is 0 Å². The Kier molecular flexibility index (Phi) is 5.16. The number of aliphatic hydroxyl groups is 2. The summed E-state index contributed by atoms with van der Waals surface area (Å²) in [6.45, 7) is 8.66. The van der Waals surface area contributed by atoms with Crippen molar-refractivity contribution in [3.05, 3.63) is 34.4 Å². The molecule has 0 fully saturated rings. The maximum absolute atomic E-state index is 9.47. The van der Waals surface area contributed by atoms with Gasteiger partial charge in [0.1, 0.15) is 0 Å². The number of benzene rings is 1. The van der Waals surface area contributed by atoms with Gasteiger partial charge in [0.25, 0.3) is 0 Å². The average Bonchev–Trinajstić information content (AvgIpc) is 2.35. The lowest BCUT2D eigenvalue weighted by atomic mass is 9.87. The molecule has 0 aromatic heterocycles. The van der Waals surface area contributed by atoms with Gasteiger partial charge in [0.05, 0.1) is 13.2 Å². The lowest BCUT2D eigenvalue weighted by Crippen LogP contribution is -2.05. The van der Waals surface area contributed by atoms with E-state index >= 15 is 0 Å². The highest BCUT2D eigenvalue weighted by atomic mass is 16.3. The molecule has 0 amide bonds. The van der Waals surface area contributed by atoms with Gasteiger partial charge in [0.15, 0.2) is 0 Å². The minimum absolute atomic E-state index is 0.0721. The van der Waals surface area contributed by atoms with Crippen LogP contribution in [0.4, 0.5) is 0 Å². The van der Waals surface area contributed by atoms with Crippen LogP contribution in [0.25, 0.3) is 0 Å². The van der Waals surface area contributed by atoms with E-state index in [1.807, 2.05) is 0 Å². The van der Waals surface area contributed by atoms with Gasteiger partial charge in [-0.25, -0.2) is 0 Å². The molecule has 0 spiro atoms. The Labute approximate surface area is 104 Å². The molecule has 1 aromatic carbocycles. The third-order valence-corrected chi connectivity index (χ3v) is 3.51. The molecule has 1 unspecified atom stereocenters. The number of aliphatic hydroxyl groups excluding tert-OH is 2. The summed E-state index contributed by atoms with van der Waals surface area (Å²) < 4.78 is 0. The lowest BCUT2D eigenvalue weighted by molar-refractivity contribution is 0.275. The summed E-state index contributed by atoms with van der Waals surface area (Å²) in [6, 6.07) is 4.12. The van der Waals surface area contributed by atoms with E-state index in [1.54, 1.807) is 0 Å². The maximum atomic E-state index is 9.47. The zero-order valence-electron chi connectivity index (χ0n) is 11.3. The molecule has 2 heteroatoms. The zero-order valence-corrected chi connectivity index (χ0v) is 11.3. The monoisotopic (exact) mass is 236 g/mol. The quantitative estimate of drug-likeness (QED) is 0.823. The van der Waals surface area contributed by atoms with E-state index < -0.39 is 0 Å². The van der Waals surface area contributed by atoms with Crippen LogP contribution in [0.2, 0.25) is 0 Å². The van der Waals surface area contributed by atoms with Gasteiger partial charge in [-0.05, 0) is 40.5 Å². The number of hydrogen-bond acceptors (Lipinski definition) is 2. The van der Waals surface area contributed by atoms with Crippen molar-refractivity contribution in [1.82, 2.24) is 0 Å². The minimum Gasteiger partial charge on any atom is -0.392 e. The Bertz CT molecular complexity index is 369. The first kappa shape index (κ1) is 14.2. The third-order valence-electron chi connectivity index (χ3n) is 3.51. The van der Waals surface area contributed by atoms with Gasteiger partial charge in [-0.3, -0.25) is 0 Å². The van der Waals surface area contributed by atoms with E-state index in [0.29, 0.717) is 11.8 Å². The Morgan fingerprint density at radius 2 is 1.41 bits per heavy atom. The molecule has 1 aromatic rings. The highest BCUT2D eigenvalue weighted by Gasteiger charge is 2.14. The SMILES string of the molecule is CCC(C)c1cc(CO)c(C(C)C)cc1CO. The predicted octanol–water partition coefficient (Wildman–Crippen LogP) is 3.31. The Balaban J connectivity index is 3.32. The molecule has 0 saturated heterocycles. The van der Waals surface area contributed by atoms with Crippen LogP contribution in [-0.4, -0.2) is 10.2 Å². The van der Waals surface area contributed by atoms with Gasteiger partial charge < -0.3 is 10.2 Å². The molecule has 17 heavy (non-hydrogen) atoms. The second-order valence-corrected chi connectivity index (χ2v) is 5.03. The smallest absolute Gasteiger partial charge is 0.0684 e. The average molecular weight is 236 g/mol. The van der Waals surface area contributed by atoms with Crippen molar-refractivity contribution in [2.75, 3.05) is 0 Å². The van der Waals surface area contributed by atoms with E-state index in [4.69, 9.17) is 0 Å². The molecule has 1 atom stereocenters. The van der Waals surface area contributed by atoms with Crippen LogP contribution in [0.3, 0.4) is 0 Å². The summed E-state index contributed by atoms with van der Waals surface area (Å²) in [7, 11) is 0.